The van der Waals surface area contributed by atoms with Crippen LogP contribution in [-0.4, -0.2) is 11.8 Å². The summed E-state index contributed by atoms with van der Waals surface area (Å²) < 4.78 is 10.3. The maximum absolute atomic E-state index is 12.4. The van der Waals surface area contributed by atoms with Crippen LogP contribution in [0.2, 0.25) is 0 Å². The lowest BCUT2D eigenvalue weighted by atomic mass is 10.1. The number of hydrogen-bond donors (Lipinski definition) is 2. The van der Waals surface area contributed by atoms with Gasteiger partial charge in [-0.15, -0.1) is 0 Å². The fourth-order valence-electron chi connectivity index (χ4n) is 2.28. The van der Waals surface area contributed by atoms with Crippen LogP contribution in [0.5, 0.6) is 0 Å². The topological polar surface area (TPSA) is 84.5 Å². The van der Waals surface area contributed by atoms with Crippen molar-refractivity contribution in [1.82, 2.24) is 5.32 Å². The van der Waals surface area contributed by atoms with Gasteiger partial charge in [-0.1, -0.05) is 12.1 Å². The standard InChI is InChI=1S/C18H16N2O4/c1-12-14(8-10-23-12)18(22)20-16-7-3-2-6-15(16)17(21)19-11-13-5-4-9-24-13/h2-10H,11H2,1H3,(H,19,21)(H,20,22). The van der Waals surface area contributed by atoms with E-state index in [2.05, 4.69) is 10.6 Å². The van der Waals surface area contributed by atoms with Crippen LogP contribution in [0.3, 0.4) is 0 Å². The summed E-state index contributed by atoms with van der Waals surface area (Å²) in [4.78, 5) is 24.7. The van der Waals surface area contributed by atoms with E-state index >= 15 is 0 Å². The Bertz CT molecular complexity index is 850. The summed E-state index contributed by atoms with van der Waals surface area (Å²) in [6.45, 7) is 1.98. The largest absolute Gasteiger partial charge is 0.469 e. The van der Waals surface area contributed by atoms with Crippen molar-refractivity contribution in [2.75, 3.05) is 5.32 Å². The Morgan fingerprint density at radius 2 is 1.75 bits per heavy atom. The van der Waals surface area contributed by atoms with Gasteiger partial charge in [0.05, 0.1) is 35.9 Å². The molecule has 3 aromatic rings. The summed E-state index contributed by atoms with van der Waals surface area (Å²) in [5.41, 5.74) is 1.24. The lowest BCUT2D eigenvalue weighted by Crippen LogP contribution is -2.24. The summed E-state index contributed by atoms with van der Waals surface area (Å²) in [7, 11) is 0. The SMILES string of the molecule is Cc1occc1C(=O)Nc1ccccc1C(=O)NCc1ccco1. The summed E-state index contributed by atoms with van der Waals surface area (Å²) >= 11 is 0. The predicted octanol–water partition coefficient (Wildman–Crippen LogP) is 3.36. The highest BCUT2D eigenvalue weighted by atomic mass is 16.3. The van der Waals surface area contributed by atoms with Gasteiger partial charge in [0.2, 0.25) is 0 Å². The average Bonchev–Trinajstić information content (AvgIpc) is 3.24. The first-order valence-corrected chi connectivity index (χ1v) is 7.40. The number of amides is 2. The van der Waals surface area contributed by atoms with Gasteiger partial charge in [-0.2, -0.15) is 0 Å². The highest BCUT2D eigenvalue weighted by Crippen LogP contribution is 2.18. The molecule has 2 N–H and O–H groups in total. The molecule has 122 valence electrons. The number of furan rings is 2. The molecule has 0 fully saturated rings. The molecule has 6 nitrogen and oxygen atoms in total. The molecule has 0 bridgehead atoms. The zero-order chi connectivity index (χ0) is 16.9. The van der Waals surface area contributed by atoms with Crippen LogP contribution in [0.25, 0.3) is 0 Å². The van der Waals surface area contributed by atoms with Crippen LogP contribution < -0.4 is 10.6 Å². The zero-order valence-electron chi connectivity index (χ0n) is 13.0. The summed E-state index contributed by atoms with van der Waals surface area (Å²) in [5, 5.41) is 5.50. The van der Waals surface area contributed by atoms with Gasteiger partial charge in [0, 0.05) is 0 Å². The van der Waals surface area contributed by atoms with Crippen LogP contribution in [0.4, 0.5) is 5.69 Å². The third-order valence-corrected chi connectivity index (χ3v) is 3.53. The highest BCUT2D eigenvalue weighted by molar-refractivity contribution is 6.09. The molecule has 1 aromatic carbocycles. The van der Waals surface area contributed by atoms with Crippen LogP contribution in [0, 0.1) is 6.92 Å². The molecule has 0 spiro atoms. The first kappa shape index (κ1) is 15.6. The van der Waals surface area contributed by atoms with E-state index < -0.39 is 0 Å². The van der Waals surface area contributed by atoms with Crippen molar-refractivity contribution >= 4 is 17.5 Å². The van der Waals surface area contributed by atoms with Crippen molar-refractivity contribution in [3.63, 3.8) is 0 Å². The van der Waals surface area contributed by atoms with Crippen LogP contribution in [0.15, 0.2) is 63.8 Å². The van der Waals surface area contributed by atoms with E-state index in [-0.39, 0.29) is 18.4 Å². The van der Waals surface area contributed by atoms with Gasteiger partial charge >= 0.3 is 0 Å². The number of carbonyl (C=O) groups is 2. The number of nitrogens with one attached hydrogen (secondary N) is 2. The third kappa shape index (κ3) is 3.38. The second-order valence-electron chi connectivity index (χ2n) is 5.15. The molecular weight excluding hydrogens is 308 g/mol. The second-order valence-corrected chi connectivity index (χ2v) is 5.15. The van der Waals surface area contributed by atoms with Gasteiger partial charge in [0.25, 0.3) is 11.8 Å². The van der Waals surface area contributed by atoms with Crippen molar-refractivity contribution in [1.29, 1.82) is 0 Å². The van der Waals surface area contributed by atoms with Gasteiger partial charge in [0.1, 0.15) is 11.5 Å². The molecule has 0 unspecified atom stereocenters. The Labute approximate surface area is 138 Å². The number of para-hydroxylation sites is 1. The van der Waals surface area contributed by atoms with E-state index in [4.69, 9.17) is 8.83 Å². The number of hydrogen-bond acceptors (Lipinski definition) is 4. The molecule has 0 saturated heterocycles. The summed E-state index contributed by atoms with van der Waals surface area (Å²) in [6, 6.07) is 11.9. The molecule has 24 heavy (non-hydrogen) atoms. The first-order chi connectivity index (χ1) is 11.6. The molecule has 0 radical (unpaired) electrons. The maximum Gasteiger partial charge on any atom is 0.259 e. The lowest BCUT2D eigenvalue weighted by Gasteiger charge is -2.10. The molecule has 2 amide bonds. The number of rotatable bonds is 5. The molecule has 2 heterocycles. The zero-order valence-corrected chi connectivity index (χ0v) is 13.0. The fraction of sp³-hybridized carbons (Fsp3) is 0.111. The van der Waals surface area contributed by atoms with Crippen molar-refractivity contribution in [3.8, 4) is 0 Å². The molecule has 0 aliphatic rings. The average molecular weight is 324 g/mol. The number of benzene rings is 1. The Kier molecular flexibility index (Phi) is 4.47. The van der Waals surface area contributed by atoms with Gasteiger partial charge in [-0.3, -0.25) is 9.59 Å². The van der Waals surface area contributed by atoms with Crippen LogP contribution in [-0.2, 0) is 6.54 Å². The van der Waals surface area contributed by atoms with Crippen LogP contribution >= 0.6 is 0 Å². The first-order valence-electron chi connectivity index (χ1n) is 7.40. The smallest absolute Gasteiger partial charge is 0.259 e. The molecule has 3 rings (SSSR count). The van der Waals surface area contributed by atoms with Gasteiger partial charge in [-0.05, 0) is 37.3 Å². The number of carbonyl (C=O) groups excluding carboxylic acids is 2. The Morgan fingerprint density at radius 1 is 0.917 bits per heavy atom. The molecule has 0 aliphatic carbocycles. The van der Waals surface area contributed by atoms with E-state index in [0.29, 0.717) is 28.3 Å². The minimum absolute atomic E-state index is 0.273. The monoisotopic (exact) mass is 324 g/mol. The number of aryl methyl sites for hydroxylation is 1. The van der Waals surface area contributed by atoms with Gasteiger partial charge < -0.3 is 19.5 Å². The molecule has 2 aromatic heterocycles. The summed E-state index contributed by atoms with van der Waals surface area (Å²) in [6.07, 6.45) is 3.00. The third-order valence-electron chi connectivity index (χ3n) is 3.53. The van der Waals surface area contributed by atoms with Crippen LogP contribution in [0.1, 0.15) is 32.2 Å². The second kappa shape index (κ2) is 6.87. The van der Waals surface area contributed by atoms with Crippen molar-refractivity contribution in [2.24, 2.45) is 0 Å². The molecule has 0 atom stereocenters. The summed E-state index contributed by atoms with van der Waals surface area (Å²) in [5.74, 6) is 0.546. The Morgan fingerprint density at radius 3 is 2.46 bits per heavy atom. The van der Waals surface area contributed by atoms with E-state index in [1.165, 1.54) is 6.26 Å². The van der Waals surface area contributed by atoms with E-state index in [1.54, 1.807) is 55.7 Å². The van der Waals surface area contributed by atoms with Crippen molar-refractivity contribution in [2.45, 2.75) is 13.5 Å². The molecule has 0 aliphatic heterocycles. The predicted molar refractivity (Wildman–Crippen MR) is 87.7 cm³/mol. The van der Waals surface area contributed by atoms with Crippen molar-refractivity contribution < 1.29 is 18.4 Å². The minimum Gasteiger partial charge on any atom is -0.469 e. The quantitative estimate of drug-likeness (QED) is 0.753. The number of anilines is 1. The fourth-order valence-corrected chi connectivity index (χ4v) is 2.28. The minimum atomic E-state index is -0.326. The van der Waals surface area contributed by atoms with E-state index in [0.717, 1.165) is 0 Å². The normalized spacial score (nSPS) is 10.4. The Hall–Kier alpha value is -3.28. The molecule has 6 heteroatoms. The maximum atomic E-state index is 12.4. The van der Waals surface area contributed by atoms with E-state index in [9.17, 15) is 9.59 Å². The van der Waals surface area contributed by atoms with E-state index in [1.807, 2.05) is 0 Å². The van der Waals surface area contributed by atoms with Gasteiger partial charge in [-0.25, -0.2) is 0 Å². The Balaban J connectivity index is 1.74. The van der Waals surface area contributed by atoms with Gasteiger partial charge in [0.15, 0.2) is 0 Å². The lowest BCUT2D eigenvalue weighted by molar-refractivity contribution is 0.0949. The van der Waals surface area contributed by atoms with Crippen molar-refractivity contribution in [3.05, 3.63) is 77.6 Å². The molecular formula is C18H16N2O4. The highest BCUT2D eigenvalue weighted by Gasteiger charge is 2.16. The molecule has 0 saturated carbocycles.